The van der Waals surface area contributed by atoms with Crippen LogP contribution in [0, 0.1) is 0 Å². The summed E-state index contributed by atoms with van der Waals surface area (Å²) in [6.07, 6.45) is 1.65. The highest BCUT2D eigenvalue weighted by molar-refractivity contribution is 6.83. The Hall–Kier alpha value is 0.0938. The van der Waals surface area contributed by atoms with Gasteiger partial charge in [0.15, 0.2) is 16.6 Å². The lowest BCUT2D eigenvalue weighted by atomic mass is 10.7. The minimum atomic E-state index is -1.23. The number of hydrogen-bond acceptors (Lipinski definition) is 2. The van der Waals surface area contributed by atoms with E-state index in [1.54, 1.807) is 6.08 Å². The van der Waals surface area contributed by atoms with E-state index >= 15 is 0 Å². The first-order valence-corrected chi connectivity index (χ1v) is 11.4. The quantitative estimate of drug-likeness (QED) is 0.585. The van der Waals surface area contributed by atoms with Gasteiger partial charge in [-0.3, -0.25) is 0 Å². The van der Waals surface area contributed by atoms with Crippen molar-refractivity contribution in [2.75, 3.05) is 6.54 Å². The van der Waals surface area contributed by atoms with Gasteiger partial charge in [0.05, 0.1) is 0 Å². The van der Waals surface area contributed by atoms with Gasteiger partial charge in [-0.2, -0.15) is 0 Å². The Balaban J connectivity index is 0. The van der Waals surface area contributed by atoms with Crippen LogP contribution in [0.1, 0.15) is 0 Å². The van der Waals surface area contributed by atoms with Gasteiger partial charge < -0.3 is 9.85 Å². The highest BCUT2D eigenvalue weighted by Gasteiger charge is 2.24. The molecule has 0 atom stereocenters. The van der Waals surface area contributed by atoms with Crippen molar-refractivity contribution in [1.29, 1.82) is 0 Å². The van der Waals surface area contributed by atoms with Crippen LogP contribution in [0.4, 0.5) is 0 Å². The fourth-order valence-electron chi connectivity index (χ4n) is 0.919. The Morgan fingerprint density at radius 1 is 1.08 bits per heavy atom. The van der Waals surface area contributed by atoms with Gasteiger partial charge in [0.2, 0.25) is 0 Å². The monoisotopic (exact) mass is 219 g/mol. The molecule has 0 heterocycles. The minimum Gasteiger partial charge on any atom is -0.456 e. The van der Waals surface area contributed by atoms with Gasteiger partial charge in [-0.25, -0.2) is 0 Å². The van der Waals surface area contributed by atoms with Gasteiger partial charge in [0.1, 0.15) is 0 Å². The minimum absolute atomic E-state index is 0.583. The maximum absolute atomic E-state index is 5.90. The van der Waals surface area contributed by atoms with Gasteiger partial charge in [0, 0.05) is 6.54 Å². The van der Waals surface area contributed by atoms with Gasteiger partial charge in [0.25, 0.3) is 0 Å². The van der Waals surface area contributed by atoms with Crippen LogP contribution < -0.4 is 5.73 Å². The third kappa shape index (κ3) is 24.5. The van der Waals surface area contributed by atoms with Crippen molar-refractivity contribution in [1.82, 2.24) is 0 Å². The van der Waals surface area contributed by atoms with E-state index in [4.69, 9.17) is 9.85 Å². The molecule has 0 amide bonds. The summed E-state index contributed by atoms with van der Waals surface area (Å²) in [6, 6.07) is 0. The van der Waals surface area contributed by atoms with Crippen molar-refractivity contribution in [2.45, 2.75) is 39.3 Å². The van der Waals surface area contributed by atoms with Crippen LogP contribution in [0.2, 0.25) is 39.3 Å². The van der Waals surface area contributed by atoms with Gasteiger partial charge in [-0.15, -0.1) is 6.58 Å². The summed E-state index contributed by atoms with van der Waals surface area (Å²) in [7, 11) is -2.46. The normalized spacial score (nSPS) is 11.6. The maximum Gasteiger partial charge on any atom is 0.170 e. The van der Waals surface area contributed by atoms with E-state index in [0.29, 0.717) is 6.54 Å². The van der Waals surface area contributed by atoms with Crippen LogP contribution in [0.3, 0.4) is 0 Å². The molecule has 0 spiro atoms. The second kappa shape index (κ2) is 6.53. The lowest BCUT2D eigenvalue weighted by Crippen LogP contribution is -2.39. The van der Waals surface area contributed by atoms with E-state index in [1.807, 2.05) is 0 Å². The molecular formula is C9H25NOSi2. The second-order valence-corrected chi connectivity index (χ2v) is 14.1. The van der Waals surface area contributed by atoms with Crippen LogP contribution in [-0.2, 0) is 4.12 Å². The van der Waals surface area contributed by atoms with Crippen molar-refractivity contribution in [3.63, 3.8) is 0 Å². The highest BCUT2D eigenvalue weighted by atomic mass is 28.4. The standard InChI is InChI=1S/C6H18OSi2.C3H7N/c1-8(2,3)7-9(4,5)6;1-2-3-4/h1-6H3;2H,1,3-4H2. The molecular weight excluding hydrogens is 194 g/mol. The predicted molar refractivity (Wildman–Crippen MR) is 67.0 cm³/mol. The zero-order chi connectivity index (χ0) is 11.1. The molecule has 0 radical (unpaired) electrons. The molecule has 0 unspecified atom stereocenters. The molecule has 4 heteroatoms. The average Bonchev–Trinajstić information content (AvgIpc) is 1.80. The first-order valence-electron chi connectivity index (χ1n) is 4.63. The van der Waals surface area contributed by atoms with Crippen LogP contribution in [0.15, 0.2) is 12.7 Å². The number of rotatable bonds is 3. The van der Waals surface area contributed by atoms with E-state index in [0.717, 1.165) is 0 Å². The number of nitrogens with two attached hydrogens (primary N) is 1. The lowest BCUT2D eigenvalue weighted by Gasteiger charge is -2.27. The second-order valence-electron chi connectivity index (χ2n) is 4.85. The molecule has 13 heavy (non-hydrogen) atoms. The first kappa shape index (κ1) is 15.6. The summed E-state index contributed by atoms with van der Waals surface area (Å²) < 4.78 is 5.90. The molecule has 0 aromatic carbocycles. The topological polar surface area (TPSA) is 35.2 Å². The highest BCUT2D eigenvalue weighted by Crippen LogP contribution is 2.12. The van der Waals surface area contributed by atoms with Gasteiger partial charge in [-0.05, 0) is 39.3 Å². The van der Waals surface area contributed by atoms with E-state index in [2.05, 4.69) is 45.9 Å². The third-order valence-corrected chi connectivity index (χ3v) is 5.68. The molecule has 0 aromatic heterocycles. The molecule has 0 aliphatic carbocycles. The van der Waals surface area contributed by atoms with E-state index < -0.39 is 16.6 Å². The van der Waals surface area contributed by atoms with Crippen LogP contribution in [0.25, 0.3) is 0 Å². The molecule has 0 saturated heterocycles. The van der Waals surface area contributed by atoms with E-state index in [9.17, 15) is 0 Å². The molecule has 2 nitrogen and oxygen atoms in total. The largest absolute Gasteiger partial charge is 0.456 e. The molecule has 80 valence electrons. The fraction of sp³-hybridized carbons (Fsp3) is 0.778. The zero-order valence-electron chi connectivity index (χ0n) is 9.98. The van der Waals surface area contributed by atoms with Crippen LogP contribution >= 0.6 is 0 Å². The molecule has 0 aliphatic rings. The van der Waals surface area contributed by atoms with E-state index in [1.165, 1.54) is 0 Å². The number of hydrogen-bond donors (Lipinski definition) is 1. The average molecular weight is 219 g/mol. The SMILES string of the molecule is C=CCN.C[Si](C)(C)O[Si](C)(C)C. The Morgan fingerprint density at radius 2 is 1.31 bits per heavy atom. The summed E-state index contributed by atoms with van der Waals surface area (Å²) in [5.74, 6) is 0. The van der Waals surface area contributed by atoms with Crippen LogP contribution in [0.5, 0.6) is 0 Å². The summed E-state index contributed by atoms with van der Waals surface area (Å²) in [5, 5.41) is 0. The van der Waals surface area contributed by atoms with Crippen molar-refractivity contribution in [3.05, 3.63) is 12.7 Å². The van der Waals surface area contributed by atoms with Crippen molar-refractivity contribution in [2.24, 2.45) is 5.73 Å². The lowest BCUT2D eigenvalue weighted by molar-refractivity contribution is 0.559. The Bertz CT molecular complexity index is 124. The summed E-state index contributed by atoms with van der Waals surface area (Å²) in [4.78, 5) is 0. The fourth-order valence-corrected chi connectivity index (χ4v) is 8.27. The molecule has 0 fully saturated rings. The summed E-state index contributed by atoms with van der Waals surface area (Å²) in [5.41, 5.74) is 4.91. The molecule has 0 saturated carbocycles. The Kier molecular flexibility index (Phi) is 7.82. The Morgan fingerprint density at radius 3 is 1.31 bits per heavy atom. The Labute approximate surface area is 85.4 Å². The zero-order valence-corrected chi connectivity index (χ0v) is 12.0. The smallest absolute Gasteiger partial charge is 0.170 e. The van der Waals surface area contributed by atoms with Crippen molar-refractivity contribution < 1.29 is 4.12 Å². The maximum atomic E-state index is 5.90. The first-order chi connectivity index (χ1) is 5.62. The molecule has 0 aromatic rings. The molecule has 0 aliphatic heterocycles. The predicted octanol–water partition coefficient (Wildman–Crippen LogP) is 2.80. The van der Waals surface area contributed by atoms with E-state index in [-0.39, 0.29) is 0 Å². The molecule has 0 rings (SSSR count). The summed E-state index contributed by atoms with van der Waals surface area (Å²) >= 11 is 0. The van der Waals surface area contributed by atoms with Crippen LogP contribution in [-0.4, -0.2) is 23.2 Å². The van der Waals surface area contributed by atoms with Gasteiger partial charge in [-0.1, -0.05) is 6.08 Å². The third-order valence-electron chi connectivity index (χ3n) is 0.779. The van der Waals surface area contributed by atoms with Crippen molar-refractivity contribution in [3.8, 4) is 0 Å². The molecule has 0 bridgehead atoms. The van der Waals surface area contributed by atoms with Crippen molar-refractivity contribution >= 4 is 16.6 Å². The van der Waals surface area contributed by atoms with Gasteiger partial charge >= 0.3 is 0 Å². The molecule has 2 N–H and O–H groups in total. The summed E-state index contributed by atoms with van der Waals surface area (Å²) in [6.45, 7) is 17.4.